The summed E-state index contributed by atoms with van der Waals surface area (Å²) in [6.07, 6.45) is 40.0. The van der Waals surface area contributed by atoms with Crippen molar-refractivity contribution in [2.24, 2.45) is 5.92 Å². The van der Waals surface area contributed by atoms with Crippen LogP contribution in [0.1, 0.15) is 143 Å². The topological polar surface area (TPSA) is 19.6 Å². The van der Waals surface area contributed by atoms with E-state index in [2.05, 4.69) is 234 Å². The van der Waals surface area contributed by atoms with Crippen LogP contribution in [-0.4, -0.2) is 4.90 Å². The lowest BCUT2D eigenvalue weighted by atomic mass is 9.86. The molecule has 0 N–H and O–H groups in total. The number of fused-ring (bicyclic) bond motifs is 5. The fraction of sp³-hybridized carbons (Fsp3) is 0.284. The van der Waals surface area contributed by atoms with Crippen molar-refractivity contribution in [2.75, 3.05) is 4.90 Å². The van der Waals surface area contributed by atoms with Gasteiger partial charge in [0.1, 0.15) is 17.6 Å². The second-order valence-electron chi connectivity index (χ2n) is 19.2. The predicted molar refractivity (Wildman–Crippen MR) is 300 cm³/mol. The smallest absolute Gasteiger partial charge is 0.132 e. The van der Waals surface area contributed by atoms with E-state index in [-0.39, 0.29) is 17.9 Å². The zero-order chi connectivity index (χ0) is 48.6. The third-order valence-corrected chi connectivity index (χ3v) is 15.1. The van der Waals surface area contributed by atoms with Crippen LogP contribution in [-0.2, 0) is 19.3 Å². The number of furan rings is 1. The van der Waals surface area contributed by atoms with Gasteiger partial charge in [-0.15, -0.1) is 6.58 Å². The van der Waals surface area contributed by atoms with E-state index in [9.17, 15) is 0 Å². The molecule has 0 spiro atoms. The Kier molecular flexibility index (Phi) is 15.3. The number of hydrogen-bond donors (Lipinski definition) is 0. The summed E-state index contributed by atoms with van der Waals surface area (Å²) in [7, 11) is 0. The van der Waals surface area contributed by atoms with Gasteiger partial charge in [-0.2, -0.15) is 0 Å². The summed E-state index contributed by atoms with van der Waals surface area (Å²) in [5.74, 6) is 2.81. The molecule has 4 aromatic carbocycles. The van der Waals surface area contributed by atoms with Crippen molar-refractivity contribution < 1.29 is 4.42 Å². The molecule has 5 aromatic rings. The first kappa shape index (κ1) is 48.2. The minimum Gasteiger partial charge on any atom is -0.463 e. The SMILES string of the molecule is C=CC(CC=CN(c1ccc(C(C)=CC=C(CC)N2C(C=CC)=C(CC)C3C=CCc4c(oc5c4C=CCC5)C32)cc1)c1ccc(-c2ccc(C3=C(CC)C=CCC3)c(CC)c2)cc1)c1ccccc1. The van der Waals surface area contributed by atoms with Gasteiger partial charge < -0.3 is 14.2 Å². The van der Waals surface area contributed by atoms with Gasteiger partial charge in [0.25, 0.3) is 0 Å². The molecule has 0 amide bonds. The van der Waals surface area contributed by atoms with Crippen molar-refractivity contribution in [1.82, 2.24) is 4.90 Å². The molecule has 3 heteroatoms. The van der Waals surface area contributed by atoms with Crippen LogP contribution in [0, 0.1) is 5.92 Å². The predicted octanol–water partition coefficient (Wildman–Crippen LogP) is 18.7. The molecule has 4 aliphatic rings. The molecule has 3 aliphatic carbocycles. The Morgan fingerprint density at radius 1 is 0.814 bits per heavy atom. The lowest BCUT2D eigenvalue weighted by Crippen LogP contribution is -2.25. The Hall–Kier alpha value is -6.84. The molecule has 3 atom stereocenters. The summed E-state index contributed by atoms with van der Waals surface area (Å²) in [4.78, 5) is 4.94. The van der Waals surface area contributed by atoms with E-state index in [1.165, 1.54) is 78.2 Å². The van der Waals surface area contributed by atoms with Gasteiger partial charge in [-0.05, 0) is 164 Å². The molecule has 0 saturated heterocycles. The third-order valence-electron chi connectivity index (χ3n) is 15.1. The molecule has 0 fully saturated rings. The number of anilines is 2. The Bertz CT molecular complexity index is 2950. The average Bonchev–Trinajstić information content (AvgIpc) is 3.86. The number of benzene rings is 4. The third kappa shape index (κ3) is 9.82. The molecular weight excluding hydrogens is 849 g/mol. The molecule has 0 bridgehead atoms. The van der Waals surface area contributed by atoms with Crippen molar-refractivity contribution in [3.05, 3.63) is 244 Å². The molecule has 0 saturated carbocycles. The molecule has 70 heavy (non-hydrogen) atoms. The van der Waals surface area contributed by atoms with Crippen LogP contribution in [0.25, 0.3) is 28.3 Å². The fourth-order valence-electron chi connectivity index (χ4n) is 11.4. The van der Waals surface area contributed by atoms with Crippen LogP contribution in [0.15, 0.2) is 204 Å². The number of aryl methyl sites for hydroxylation is 2. The number of hydrogen-bond acceptors (Lipinski definition) is 3. The summed E-state index contributed by atoms with van der Waals surface area (Å²) in [6.45, 7) is 17.7. The molecule has 2 heterocycles. The summed E-state index contributed by atoms with van der Waals surface area (Å²) < 4.78 is 6.91. The van der Waals surface area contributed by atoms with Crippen LogP contribution in [0.5, 0.6) is 0 Å². The maximum absolute atomic E-state index is 6.91. The van der Waals surface area contributed by atoms with Gasteiger partial charge in [0.05, 0.1) is 0 Å². The number of nitrogens with zero attached hydrogens (tertiary/aromatic N) is 2. The quantitative estimate of drug-likeness (QED) is 0.0684. The van der Waals surface area contributed by atoms with Crippen LogP contribution in [0.4, 0.5) is 11.4 Å². The Labute approximate surface area is 419 Å². The highest BCUT2D eigenvalue weighted by atomic mass is 16.3. The van der Waals surface area contributed by atoms with Gasteiger partial charge in [-0.1, -0.05) is 161 Å². The zero-order valence-corrected chi connectivity index (χ0v) is 42.6. The molecule has 356 valence electrons. The Morgan fingerprint density at radius 3 is 2.27 bits per heavy atom. The molecule has 9 rings (SSSR count). The number of rotatable bonds is 17. The van der Waals surface area contributed by atoms with Gasteiger partial charge in [-0.3, -0.25) is 0 Å². The maximum atomic E-state index is 6.91. The first-order chi connectivity index (χ1) is 34.4. The highest BCUT2D eigenvalue weighted by molar-refractivity contribution is 5.78. The van der Waals surface area contributed by atoms with E-state index in [1.807, 2.05) is 0 Å². The van der Waals surface area contributed by atoms with Gasteiger partial charge >= 0.3 is 0 Å². The second-order valence-corrected chi connectivity index (χ2v) is 19.2. The molecule has 3 nitrogen and oxygen atoms in total. The average molecular weight is 921 g/mol. The minimum atomic E-state index is 0.0982. The van der Waals surface area contributed by atoms with Crippen molar-refractivity contribution in [1.29, 1.82) is 0 Å². The lowest BCUT2D eigenvalue weighted by molar-refractivity contribution is 0.265. The maximum Gasteiger partial charge on any atom is 0.132 e. The Morgan fingerprint density at radius 2 is 1.56 bits per heavy atom. The van der Waals surface area contributed by atoms with Crippen LogP contribution >= 0.6 is 0 Å². The molecule has 3 unspecified atom stereocenters. The summed E-state index contributed by atoms with van der Waals surface area (Å²) in [5.41, 5.74) is 21.1. The Balaban J connectivity index is 1.01. The van der Waals surface area contributed by atoms with Crippen LogP contribution in [0.2, 0.25) is 0 Å². The van der Waals surface area contributed by atoms with Gasteiger partial charge in [0, 0.05) is 58.4 Å². The highest BCUT2D eigenvalue weighted by Crippen LogP contribution is 2.52. The van der Waals surface area contributed by atoms with E-state index >= 15 is 0 Å². The molecular formula is C67H72N2O. The van der Waals surface area contributed by atoms with Gasteiger partial charge in [0.2, 0.25) is 0 Å². The fourth-order valence-corrected chi connectivity index (χ4v) is 11.4. The van der Waals surface area contributed by atoms with E-state index in [0.717, 1.165) is 87.1 Å². The van der Waals surface area contributed by atoms with E-state index < -0.39 is 0 Å². The van der Waals surface area contributed by atoms with E-state index in [4.69, 9.17) is 4.42 Å². The summed E-state index contributed by atoms with van der Waals surface area (Å²) in [5, 5.41) is 0. The highest BCUT2D eigenvalue weighted by Gasteiger charge is 2.44. The number of allylic oxidation sites excluding steroid dienone is 14. The van der Waals surface area contributed by atoms with Crippen molar-refractivity contribution >= 4 is 28.6 Å². The van der Waals surface area contributed by atoms with Crippen molar-refractivity contribution in [3.63, 3.8) is 0 Å². The first-order valence-electron chi connectivity index (χ1n) is 26.3. The van der Waals surface area contributed by atoms with Gasteiger partial charge in [0.15, 0.2) is 0 Å². The normalized spacial score (nSPS) is 18.5. The lowest BCUT2D eigenvalue weighted by Gasteiger charge is -2.32. The molecule has 1 aliphatic heterocycles. The molecule has 1 aromatic heterocycles. The minimum absolute atomic E-state index is 0.0982. The first-order valence-corrected chi connectivity index (χ1v) is 26.3. The zero-order valence-electron chi connectivity index (χ0n) is 42.6. The monoisotopic (exact) mass is 921 g/mol. The van der Waals surface area contributed by atoms with Gasteiger partial charge in [-0.25, -0.2) is 0 Å². The van der Waals surface area contributed by atoms with Crippen molar-refractivity contribution in [2.45, 2.75) is 118 Å². The van der Waals surface area contributed by atoms with E-state index in [1.54, 1.807) is 0 Å². The largest absolute Gasteiger partial charge is 0.463 e. The molecule has 0 radical (unpaired) electrons. The van der Waals surface area contributed by atoms with Crippen LogP contribution < -0.4 is 4.90 Å². The van der Waals surface area contributed by atoms with Crippen molar-refractivity contribution in [3.8, 4) is 11.1 Å². The summed E-state index contributed by atoms with van der Waals surface area (Å²) in [6, 6.07) is 36.1. The second kappa shape index (κ2) is 22.3. The summed E-state index contributed by atoms with van der Waals surface area (Å²) >= 11 is 0. The standard InChI is InChI=1S/C67H72N2O/c1-8-23-64-58(13-6)62-30-21-31-63-61-29-19-20-32-65(61)70-67(63)66(62)69(64)55(12-5)39-33-47(7)51-34-40-56(41-35-51)68(45-22-27-48(9-2)52-25-15-14-16-26-52)57-42-36-53(37-43-57)54-38-44-60(50(11-4)46-54)59-28-18-17-24-49(59)10-3/h8-9,14-17,19,21-26,29-30,33-46,48,62,66H,2,10-13,18,20,27-28,31-32H2,1,3-7H3. The van der Waals surface area contributed by atoms with E-state index in [0.29, 0.717) is 0 Å². The van der Waals surface area contributed by atoms with Crippen LogP contribution in [0.3, 0.4) is 0 Å².